The molecular weight excluding hydrogens is 372 g/mol. The minimum Gasteiger partial charge on any atom is -0.476 e. The zero-order valence-electron chi connectivity index (χ0n) is 16.7. The van der Waals surface area contributed by atoms with Crippen LogP contribution in [0, 0.1) is 10.8 Å². The number of carbonyl (C=O) groups is 1. The molecule has 0 bridgehead atoms. The lowest BCUT2D eigenvalue weighted by atomic mass is 9.90. The van der Waals surface area contributed by atoms with E-state index in [1.54, 1.807) is 38.4 Å². The van der Waals surface area contributed by atoms with Gasteiger partial charge < -0.3 is 20.7 Å². The molecule has 0 spiro atoms. The van der Waals surface area contributed by atoms with Gasteiger partial charge >= 0.3 is 0 Å². The van der Waals surface area contributed by atoms with Gasteiger partial charge in [-0.05, 0) is 48.2 Å². The quantitative estimate of drug-likeness (QED) is 0.679. The molecule has 0 radical (unpaired) electrons. The maximum absolute atomic E-state index is 12.0. The fourth-order valence-electron chi connectivity index (χ4n) is 3.33. The maximum atomic E-state index is 12.0. The Bertz CT molecular complexity index is 863. The highest BCUT2D eigenvalue weighted by atomic mass is 16.5. The van der Waals surface area contributed by atoms with Crippen LogP contribution in [0.25, 0.3) is 0 Å². The molecule has 1 fully saturated rings. The van der Waals surface area contributed by atoms with Gasteiger partial charge in [-0.25, -0.2) is 0 Å². The highest BCUT2D eigenvalue weighted by molar-refractivity contribution is 5.94. The number of nitrogens with two attached hydrogens (primary N) is 1. The van der Waals surface area contributed by atoms with Crippen LogP contribution in [0.4, 0.5) is 23.1 Å². The minimum absolute atomic E-state index is 0.0458. The van der Waals surface area contributed by atoms with Gasteiger partial charge in [-0.2, -0.15) is 9.97 Å². The molecule has 1 saturated carbocycles. The summed E-state index contributed by atoms with van der Waals surface area (Å²) in [6, 6.07) is 6.89. The van der Waals surface area contributed by atoms with Crippen LogP contribution in [-0.2, 0) is 0 Å². The standard InChI is InChI=1S/C20H26N6O3/c1-26(2)19(27)14-8-10-15(11-9-14)22-20-23-17(21)16(25-28)18(24-20)29-12-13-6-4-3-5-7-13/h8-11,13H,3-7,12H2,1-2H3,(H3,21,22,23,24). The Hall–Kier alpha value is -3.23. The van der Waals surface area contributed by atoms with Crippen molar-refractivity contribution >= 4 is 29.0 Å². The molecule has 0 atom stereocenters. The molecule has 2 aromatic rings. The number of carbonyl (C=O) groups excluding carboxylic acids is 1. The minimum atomic E-state index is -0.0862. The molecule has 0 aliphatic heterocycles. The molecule has 9 heteroatoms. The molecule has 1 amide bonds. The Morgan fingerprint density at radius 1 is 1.21 bits per heavy atom. The van der Waals surface area contributed by atoms with E-state index in [1.807, 2.05) is 0 Å². The van der Waals surface area contributed by atoms with Gasteiger partial charge in [0.25, 0.3) is 11.8 Å². The predicted molar refractivity (Wildman–Crippen MR) is 112 cm³/mol. The lowest BCUT2D eigenvalue weighted by Crippen LogP contribution is -2.21. The summed E-state index contributed by atoms with van der Waals surface area (Å²) in [7, 11) is 3.39. The highest BCUT2D eigenvalue weighted by Crippen LogP contribution is 2.33. The first kappa shape index (κ1) is 20.5. The average Bonchev–Trinajstić information content (AvgIpc) is 2.73. The third-order valence-corrected chi connectivity index (χ3v) is 4.94. The first-order valence-electron chi connectivity index (χ1n) is 9.70. The van der Waals surface area contributed by atoms with Gasteiger partial charge in [-0.15, -0.1) is 4.91 Å². The summed E-state index contributed by atoms with van der Waals surface area (Å²) in [6.45, 7) is 0.472. The van der Waals surface area contributed by atoms with Crippen molar-refractivity contribution in [3.8, 4) is 5.88 Å². The summed E-state index contributed by atoms with van der Waals surface area (Å²) in [4.78, 5) is 33.0. The SMILES string of the molecule is CN(C)C(=O)c1ccc(Nc2nc(N)c(N=O)c(OCC3CCCCC3)n2)cc1. The number of rotatable bonds is 7. The molecule has 3 rings (SSSR count). The zero-order valence-corrected chi connectivity index (χ0v) is 16.7. The number of hydrogen-bond acceptors (Lipinski definition) is 8. The second-order valence-corrected chi connectivity index (χ2v) is 7.39. The van der Waals surface area contributed by atoms with E-state index in [2.05, 4.69) is 20.5 Å². The van der Waals surface area contributed by atoms with E-state index < -0.39 is 0 Å². The van der Waals surface area contributed by atoms with Crippen LogP contribution in [0.3, 0.4) is 0 Å². The number of nitrogen functional groups attached to an aromatic ring is 1. The number of nitrogens with zero attached hydrogens (tertiary/aromatic N) is 4. The molecule has 1 aromatic carbocycles. The van der Waals surface area contributed by atoms with Crippen LogP contribution < -0.4 is 15.8 Å². The van der Waals surface area contributed by atoms with Gasteiger partial charge in [-0.3, -0.25) is 4.79 Å². The molecule has 29 heavy (non-hydrogen) atoms. The van der Waals surface area contributed by atoms with Crippen molar-refractivity contribution in [1.29, 1.82) is 0 Å². The van der Waals surface area contributed by atoms with Crippen molar-refractivity contribution in [1.82, 2.24) is 14.9 Å². The summed E-state index contributed by atoms with van der Waals surface area (Å²) in [5.74, 6) is 0.588. The van der Waals surface area contributed by atoms with E-state index in [-0.39, 0.29) is 29.2 Å². The first-order valence-corrected chi connectivity index (χ1v) is 9.70. The smallest absolute Gasteiger partial charge is 0.253 e. The lowest BCUT2D eigenvalue weighted by Gasteiger charge is -2.21. The highest BCUT2D eigenvalue weighted by Gasteiger charge is 2.19. The van der Waals surface area contributed by atoms with Gasteiger partial charge in [0.2, 0.25) is 11.6 Å². The topological polar surface area (TPSA) is 123 Å². The number of nitrogens with one attached hydrogen (secondary N) is 1. The van der Waals surface area contributed by atoms with Gasteiger partial charge in [0, 0.05) is 25.3 Å². The number of hydrogen-bond donors (Lipinski definition) is 2. The van der Waals surface area contributed by atoms with Gasteiger partial charge in [0.05, 0.1) is 6.61 Å². The van der Waals surface area contributed by atoms with Crippen molar-refractivity contribution in [3.05, 3.63) is 34.7 Å². The first-order chi connectivity index (χ1) is 14.0. The fourth-order valence-corrected chi connectivity index (χ4v) is 3.33. The van der Waals surface area contributed by atoms with E-state index in [4.69, 9.17) is 10.5 Å². The van der Waals surface area contributed by atoms with Crippen LogP contribution >= 0.6 is 0 Å². The summed E-state index contributed by atoms with van der Waals surface area (Å²) in [5.41, 5.74) is 7.03. The maximum Gasteiger partial charge on any atom is 0.253 e. The molecule has 3 N–H and O–H groups in total. The second-order valence-electron chi connectivity index (χ2n) is 7.39. The zero-order chi connectivity index (χ0) is 20.8. The van der Waals surface area contributed by atoms with Crippen molar-refractivity contribution in [3.63, 3.8) is 0 Å². The van der Waals surface area contributed by atoms with Crippen molar-refractivity contribution < 1.29 is 9.53 Å². The van der Waals surface area contributed by atoms with Gasteiger partial charge in [0.1, 0.15) is 0 Å². The molecule has 0 unspecified atom stereocenters. The molecule has 1 aromatic heterocycles. The molecule has 1 heterocycles. The van der Waals surface area contributed by atoms with E-state index in [1.165, 1.54) is 24.2 Å². The predicted octanol–water partition coefficient (Wildman–Crippen LogP) is 3.86. The van der Waals surface area contributed by atoms with Crippen LogP contribution in [0.5, 0.6) is 5.88 Å². The Morgan fingerprint density at radius 3 is 2.52 bits per heavy atom. The second kappa shape index (κ2) is 9.31. The molecule has 9 nitrogen and oxygen atoms in total. The van der Waals surface area contributed by atoms with E-state index in [9.17, 15) is 9.70 Å². The molecule has 154 valence electrons. The Kier molecular flexibility index (Phi) is 6.58. The van der Waals surface area contributed by atoms with E-state index in [0.717, 1.165) is 12.8 Å². The Balaban J connectivity index is 1.74. The van der Waals surface area contributed by atoms with E-state index >= 15 is 0 Å². The largest absolute Gasteiger partial charge is 0.476 e. The molecular formula is C20H26N6O3. The fraction of sp³-hybridized carbons (Fsp3) is 0.450. The molecule has 0 saturated heterocycles. The third-order valence-electron chi connectivity index (χ3n) is 4.94. The number of benzene rings is 1. The van der Waals surface area contributed by atoms with Crippen molar-refractivity contribution in [2.75, 3.05) is 31.8 Å². The summed E-state index contributed by atoms with van der Waals surface area (Å²) < 4.78 is 5.79. The molecule has 1 aliphatic rings. The van der Waals surface area contributed by atoms with Crippen molar-refractivity contribution in [2.45, 2.75) is 32.1 Å². The van der Waals surface area contributed by atoms with Crippen LogP contribution in [0.15, 0.2) is 29.4 Å². The third kappa shape index (κ3) is 5.18. The number of amides is 1. The van der Waals surface area contributed by atoms with Crippen LogP contribution in [-0.4, -0.2) is 41.5 Å². The number of nitroso groups, excluding NO2 is 1. The normalized spacial score (nSPS) is 14.3. The average molecular weight is 398 g/mol. The Morgan fingerprint density at radius 2 is 1.90 bits per heavy atom. The summed E-state index contributed by atoms with van der Waals surface area (Å²) >= 11 is 0. The van der Waals surface area contributed by atoms with Crippen molar-refractivity contribution in [2.24, 2.45) is 11.1 Å². The van der Waals surface area contributed by atoms with Crippen LogP contribution in [0.2, 0.25) is 0 Å². The van der Waals surface area contributed by atoms with Gasteiger partial charge in [-0.1, -0.05) is 19.3 Å². The number of ether oxygens (including phenoxy) is 1. The number of aromatic nitrogens is 2. The number of anilines is 3. The van der Waals surface area contributed by atoms with Gasteiger partial charge in [0.15, 0.2) is 5.82 Å². The van der Waals surface area contributed by atoms with E-state index in [0.29, 0.717) is 23.8 Å². The van der Waals surface area contributed by atoms with Crippen LogP contribution in [0.1, 0.15) is 42.5 Å². The summed E-state index contributed by atoms with van der Waals surface area (Å²) in [6.07, 6.45) is 5.85. The Labute approximate surface area is 169 Å². The molecule has 1 aliphatic carbocycles. The summed E-state index contributed by atoms with van der Waals surface area (Å²) in [5, 5.41) is 5.95. The lowest BCUT2D eigenvalue weighted by molar-refractivity contribution is 0.0827. The monoisotopic (exact) mass is 398 g/mol.